The minimum absolute atomic E-state index is 0.297. The van der Waals surface area contributed by atoms with Crippen molar-refractivity contribution in [3.8, 4) is 0 Å². The summed E-state index contributed by atoms with van der Waals surface area (Å²) in [7, 11) is 1.57. The summed E-state index contributed by atoms with van der Waals surface area (Å²) in [6.07, 6.45) is 0. The number of aromatic nitrogens is 2. The van der Waals surface area contributed by atoms with Crippen molar-refractivity contribution < 1.29 is 9.53 Å². The number of amides is 1. The van der Waals surface area contributed by atoms with Gasteiger partial charge in [-0.05, 0) is 20.8 Å². The van der Waals surface area contributed by atoms with Crippen molar-refractivity contribution >= 4 is 17.5 Å². The van der Waals surface area contributed by atoms with Gasteiger partial charge in [0.15, 0.2) is 5.82 Å². The molecule has 1 rings (SSSR count). The van der Waals surface area contributed by atoms with E-state index in [9.17, 15) is 4.79 Å². The maximum atomic E-state index is 11.3. The van der Waals surface area contributed by atoms with Crippen LogP contribution in [0.3, 0.4) is 0 Å². The minimum atomic E-state index is -0.887. The highest BCUT2D eigenvalue weighted by Crippen LogP contribution is 2.16. The summed E-state index contributed by atoms with van der Waals surface area (Å²) in [6.45, 7) is 6.40. The topological polar surface area (TPSA) is 102 Å². The number of hydrogen-bond acceptors (Lipinski definition) is 6. The Hall–Kier alpha value is -1.89. The normalized spacial score (nSPS) is 11.2. The molecule has 7 heteroatoms. The van der Waals surface area contributed by atoms with Crippen LogP contribution < -0.4 is 16.4 Å². The SMILES string of the molecule is CCNc1cc(NC(C)(C)C(N)=O)nc(COC)n1. The fourth-order valence-electron chi connectivity index (χ4n) is 1.41. The van der Waals surface area contributed by atoms with Crippen LogP contribution in [-0.2, 0) is 16.1 Å². The number of carbonyl (C=O) groups excluding carboxylic acids is 1. The molecule has 1 heterocycles. The van der Waals surface area contributed by atoms with Gasteiger partial charge in [-0.15, -0.1) is 0 Å². The molecule has 0 bridgehead atoms. The van der Waals surface area contributed by atoms with Gasteiger partial charge in [0.05, 0.1) is 0 Å². The van der Waals surface area contributed by atoms with Gasteiger partial charge in [-0.3, -0.25) is 4.79 Å². The monoisotopic (exact) mass is 267 g/mol. The van der Waals surface area contributed by atoms with E-state index in [0.29, 0.717) is 24.1 Å². The maximum absolute atomic E-state index is 11.3. The van der Waals surface area contributed by atoms with Gasteiger partial charge in [-0.2, -0.15) is 0 Å². The van der Waals surface area contributed by atoms with E-state index >= 15 is 0 Å². The third-order valence-electron chi connectivity index (χ3n) is 2.46. The van der Waals surface area contributed by atoms with Crippen molar-refractivity contribution in [1.82, 2.24) is 9.97 Å². The van der Waals surface area contributed by atoms with Crippen molar-refractivity contribution in [2.24, 2.45) is 5.73 Å². The number of primary amides is 1. The fourth-order valence-corrected chi connectivity index (χ4v) is 1.41. The van der Waals surface area contributed by atoms with E-state index in [1.807, 2.05) is 6.92 Å². The van der Waals surface area contributed by atoms with Crippen LogP contribution in [0.5, 0.6) is 0 Å². The van der Waals surface area contributed by atoms with Crippen LogP contribution in [0.2, 0.25) is 0 Å². The molecule has 0 aliphatic heterocycles. The first-order chi connectivity index (χ1) is 8.89. The molecule has 1 aromatic rings. The first-order valence-corrected chi connectivity index (χ1v) is 6.08. The number of nitrogens with one attached hydrogen (secondary N) is 2. The molecule has 0 aliphatic rings. The Morgan fingerprint density at radius 1 is 1.42 bits per heavy atom. The quantitative estimate of drug-likeness (QED) is 0.673. The first-order valence-electron chi connectivity index (χ1n) is 6.08. The Morgan fingerprint density at radius 3 is 2.58 bits per heavy atom. The number of carbonyl (C=O) groups is 1. The van der Waals surface area contributed by atoms with Gasteiger partial charge in [0, 0.05) is 19.7 Å². The lowest BCUT2D eigenvalue weighted by Crippen LogP contribution is -2.45. The Bertz CT molecular complexity index is 423. The van der Waals surface area contributed by atoms with E-state index in [-0.39, 0.29) is 0 Å². The lowest BCUT2D eigenvalue weighted by molar-refractivity contribution is -0.121. The molecule has 0 saturated carbocycles. The van der Waals surface area contributed by atoms with Gasteiger partial charge in [-0.25, -0.2) is 9.97 Å². The molecule has 7 nitrogen and oxygen atoms in total. The van der Waals surface area contributed by atoms with Crippen molar-refractivity contribution in [3.63, 3.8) is 0 Å². The van der Waals surface area contributed by atoms with E-state index < -0.39 is 11.4 Å². The zero-order valence-corrected chi connectivity index (χ0v) is 11.8. The number of nitrogens with zero attached hydrogens (tertiary/aromatic N) is 2. The molecule has 1 amide bonds. The second-order valence-electron chi connectivity index (χ2n) is 4.63. The van der Waals surface area contributed by atoms with Crippen molar-refractivity contribution in [2.75, 3.05) is 24.3 Å². The molecule has 19 heavy (non-hydrogen) atoms. The Kier molecular flexibility index (Phi) is 5.05. The summed E-state index contributed by atoms with van der Waals surface area (Å²) in [4.78, 5) is 19.9. The molecule has 0 radical (unpaired) electrons. The minimum Gasteiger partial charge on any atom is -0.377 e. The number of hydrogen-bond donors (Lipinski definition) is 3. The average Bonchev–Trinajstić information content (AvgIpc) is 2.28. The summed E-state index contributed by atoms with van der Waals surface area (Å²) in [5.74, 6) is 1.28. The average molecular weight is 267 g/mol. The molecule has 0 unspecified atom stereocenters. The Labute approximate surface area is 113 Å². The number of ether oxygens (including phenoxy) is 1. The van der Waals surface area contributed by atoms with E-state index in [1.54, 1.807) is 27.0 Å². The van der Waals surface area contributed by atoms with Gasteiger partial charge >= 0.3 is 0 Å². The number of methoxy groups -OCH3 is 1. The van der Waals surface area contributed by atoms with Crippen LogP contribution >= 0.6 is 0 Å². The molecule has 0 spiro atoms. The molecule has 0 atom stereocenters. The molecule has 0 aliphatic carbocycles. The fraction of sp³-hybridized carbons (Fsp3) is 0.583. The highest BCUT2D eigenvalue weighted by molar-refractivity contribution is 5.86. The lowest BCUT2D eigenvalue weighted by Gasteiger charge is -2.23. The van der Waals surface area contributed by atoms with Gasteiger partial charge in [0.2, 0.25) is 5.91 Å². The van der Waals surface area contributed by atoms with E-state index in [2.05, 4.69) is 20.6 Å². The van der Waals surface area contributed by atoms with E-state index in [4.69, 9.17) is 10.5 Å². The van der Waals surface area contributed by atoms with Gasteiger partial charge < -0.3 is 21.1 Å². The molecular formula is C12H21N5O2. The van der Waals surface area contributed by atoms with Gasteiger partial charge in [0.25, 0.3) is 0 Å². The standard InChI is InChI=1S/C12H21N5O2/c1-5-14-8-6-9(16-10(15-8)7-19-4)17-12(2,3)11(13)18/h6H,5,7H2,1-4H3,(H2,13,18)(H2,14,15,16,17). The van der Waals surface area contributed by atoms with Gasteiger partial charge in [-0.1, -0.05) is 0 Å². The highest BCUT2D eigenvalue weighted by atomic mass is 16.5. The summed E-state index contributed by atoms with van der Waals surface area (Å²) < 4.78 is 5.02. The van der Waals surface area contributed by atoms with E-state index in [0.717, 1.165) is 6.54 Å². The van der Waals surface area contributed by atoms with Crippen LogP contribution in [0, 0.1) is 0 Å². The molecule has 0 aromatic carbocycles. The number of nitrogens with two attached hydrogens (primary N) is 1. The smallest absolute Gasteiger partial charge is 0.242 e. The predicted octanol–water partition coefficient (Wildman–Crippen LogP) is 0.731. The van der Waals surface area contributed by atoms with Crippen molar-refractivity contribution in [1.29, 1.82) is 0 Å². The Morgan fingerprint density at radius 2 is 2.05 bits per heavy atom. The second kappa shape index (κ2) is 6.33. The summed E-state index contributed by atoms with van der Waals surface area (Å²) in [5.41, 5.74) is 4.44. The summed E-state index contributed by atoms with van der Waals surface area (Å²) in [5, 5.41) is 6.09. The van der Waals surface area contributed by atoms with Crippen LogP contribution in [0.1, 0.15) is 26.6 Å². The van der Waals surface area contributed by atoms with Crippen LogP contribution in [0.25, 0.3) is 0 Å². The molecular weight excluding hydrogens is 246 g/mol. The second-order valence-corrected chi connectivity index (χ2v) is 4.63. The largest absolute Gasteiger partial charge is 0.377 e. The molecule has 0 fully saturated rings. The predicted molar refractivity (Wildman–Crippen MR) is 73.8 cm³/mol. The van der Waals surface area contributed by atoms with Crippen molar-refractivity contribution in [2.45, 2.75) is 32.9 Å². The van der Waals surface area contributed by atoms with Crippen LogP contribution in [-0.4, -0.2) is 35.1 Å². The Balaban J connectivity index is 3.01. The maximum Gasteiger partial charge on any atom is 0.242 e. The summed E-state index contributed by atoms with van der Waals surface area (Å²) >= 11 is 0. The third kappa shape index (κ3) is 4.36. The zero-order valence-electron chi connectivity index (χ0n) is 11.8. The molecule has 1 aromatic heterocycles. The van der Waals surface area contributed by atoms with Crippen LogP contribution in [0.15, 0.2) is 6.07 Å². The van der Waals surface area contributed by atoms with Gasteiger partial charge in [0.1, 0.15) is 23.8 Å². The van der Waals surface area contributed by atoms with Crippen molar-refractivity contribution in [3.05, 3.63) is 11.9 Å². The third-order valence-corrected chi connectivity index (χ3v) is 2.46. The zero-order chi connectivity index (χ0) is 14.5. The van der Waals surface area contributed by atoms with E-state index in [1.165, 1.54) is 0 Å². The number of rotatable bonds is 7. The first kappa shape index (κ1) is 15.2. The van der Waals surface area contributed by atoms with Crippen LogP contribution in [0.4, 0.5) is 11.6 Å². The highest BCUT2D eigenvalue weighted by Gasteiger charge is 2.25. The summed E-state index contributed by atoms with van der Waals surface area (Å²) in [6, 6.07) is 1.73. The number of anilines is 2. The lowest BCUT2D eigenvalue weighted by atomic mass is 10.1. The molecule has 106 valence electrons. The molecule has 0 saturated heterocycles. The molecule has 4 N–H and O–H groups in total.